The number of carboxylic acids is 2. The first-order chi connectivity index (χ1) is 42.0. The maximum Gasteiger partial charge on any atom is 0.338 e. The zero-order valence-electron chi connectivity index (χ0n) is 43.9. The lowest BCUT2D eigenvalue weighted by Gasteiger charge is -2.15. The van der Waals surface area contributed by atoms with Gasteiger partial charge in [0.25, 0.3) is 60.7 Å². The first-order valence-corrected chi connectivity index (χ1v) is 34.9. The molecule has 0 saturated heterocycles. The summed E-state index contributed by atoms with van der Waals surface area (Å²) in [4.78, 5) is 13.1. The van der Waals surface area contributed by atoms with Crippen LogP contribution in [0.15, 0.2) is 165 Å². The maximum absolute atomic E-state index is 13.1. The van der Waals surface area contributed by atoms with Gasteiger partial charge in [0.1, 0.15) is 74.9 Å². The van der Waals surface area contributed by atoms with Crippen LogP contribution < -0.4 is 16.0 Å². The number of azo groups is 4. The molecule has 0 aliphatic rings. The van der Waals surface area contributed by atoms with Crippen molar-refractivity contribution in [3.8, 4) is 17.2 Å². The van der Waals surface area contributed by atoms with Gasteiger partial charge in [-0.3, -0.25) is 27.3 Å². The number of carboxylic acid groups (broad SMARTS) is 2. The molecule has 92 heavy (non-hydrogen) atoms. The average Bonchev–Trinajstić information content (AvgIpc) is 0.753. The number of nitrogen functional groups attached to an aromatic ring is 1. The first kappa shape index (κ1) is 68.3. The van der Waals surface area contributed by atoms with E-state index in [1.54, 1.807) is 0 Å². The minimum absolute atomic E-state index is 0.158. The van der Waals surface area contributed by atoms with Crippen LogP contribution in [0.25, 0.3) is 32.3 Å². The summed E-state index contributed by atoms with van der Waals surface area (Å²) in [5.41, 5.74) is -5.65. The minimum atomic E-state index is -5.88. The van der Waals surface area contributed by atoms with Crippen molar-refractivity contribution in [2.75, 3.05) is 5.73 Å². The number of phenols is 3. The number of aromatic hydroxyl groups is 3. The monoisotopic (exact) mass is 1430 g/mol. The van der Waals surface area contributed by atoms with Gasteiger partial charge < -0.3 is 31.3 Å². The number of anilines is 1. The zero-order chi connectivity index (χ0) is 68.9. The molecule has 0 saturated carbocycles. The highest BCUT2D eigenvalue weighted by molar-refractivity contribution is 7.89. The van der Waals surface area contributed by atoms with Gasteiger partial charge in [-0.25, -0.2) is 36.7 Å². The van der Waals surface area contributed by atoms with E-state index in [1.165, 1.54) is 0 Å². The van der Waals surface area contributed by atoms with Crippen molar-refractivity contribution in [3.63, 3.8) is 0 Å². The summed E-state index contributed by atoms with van der Waals surface area (Å²) in [6.07, 6.45) is 0. The number of sulfonamides is 2. The molecule has 0 aromatic heterocycles. The molecular formula is C44H31N11O29S8. The minimum Gasteiger partial charge on any atom is -0.505 e. The lowest BCUT2D eigenvalue weighted by atomic mass is 10.0. The summed E-state index contributed by atoms with van der Waals surface area (Å²) in [6.45, 7) is 0. The summed E-state index contributed by atoms with van der Waals surface area (Å²) >= 11 is 0. The number of nitrogens with two attached hydrogens (primary N) is 3. The summed E-state index contributed by atoms with van der Waals surface area (Å²) in [5, 5.41) is 85.8. The smallest absolute Gasteiger partial charge is 0.338 e. The van der Waals surface area contributed by atoms with Gasteiger partial charge in [-0.15, -0.1) is 40.9 Å². The molecule has 8 aromatic rings. The predicted octanol–water partition coefficient (Wildman–Crippen LogP) is 5.68. The molecule has 8 rings (SSSR count). The number of primary sulfonamides is 2. The van der Waals surface area contributed by atoms with E-state index in [0.29, 0.717) is 42.5 Å². The quantitative estimate of drug-likeness (QED) is 0.0279. The zero-order valence-corrected chi connectivity index (χ0v) is 50.5. The van der Waals surface area contributed by atoms with E-state index in [4.69, 9.17) is 16.0 Å². The molecule has 8 aromatic carbocycles. The van der Waals surface area contributed by atoms with Gasteiger partial charge in [-0.2, -0.15) is 50.5 Å². The van der Waals surface area contributed by atoms with Crippen molar-refractivity contribution in [2.45, 2.75) is 39.2 Å². The highest BCUT2D eigenvalue weighted by Crippen LogP contribution is 2.51. The van der Waals surface area contributed by atoms with Crippen LogP contribution in [0.4, 0.5) is 51.2 Å². The highest BCUT2D eigenvalue weighted by atomic mass is 32.2. The Balaban J connectivity index is 1.31. The van der Waals surface area contributed by atoms with Crippen molar-refractivity contribution in [3.05, 3.63) is 96.1 Å². The number of benzene rings is 8. The molecule has 0 atom stereocenters. The van der Waals surface area contributed by atoms with Crippen LogP contribution >= 0.6 is 0 Å². The number of hydrogen-bond donors (Lipinski definition) is 14. The molecule has 0 aliphatic heterocycles. The summed E-state index contributed by atoms with van der Waals surface area (Å²) in [6, 6.07) is 7.34. The van der Waals surface area contributed by atoms with E-state index in [2.05, 4.69) is 40.9 Å². The maximum atomic E-state index is 13.1. The number of rotatable bonds is 18. The van der Waals surface area contributed by atoms with E-state index in [-0.39, 0.29) is 24.3 Å². The fourth-order valence-corrected chi connectivity index (χ4v) is 13.8. The van der Waals surface area contributed by atoms with Crippen molar-refractivity contribution < 1.29 is 130 Å². The molecule has 0 radical (unpaired) electrons. The fraction of sp³-hybridized carbons (Fsp3) is 0. The van der Waals surface area contributed by atoms with Gasteiger partial charge >= 0.3 is 11.9 Å². The van der Waals surface area contributed by atoms with Gasteiger partial charge in [-0.1, -0.05) is 0 Å². The Bertz CT molecular complexity index is 5810. The highest BCUT2D eigenvalue weighted by Gasteiger charge is 2.33. The number of carbonyl (C=O) groups is 2. The van der Waals surface area contributed by atoms with Crippen molar-refractivity contribution in [2.24, 2.45) is 51.2 Å². The topological polar surface area (TPSA) is 707 Å². The van der Waals surface area contributed by atoms with E-state index in [9.17, 15) is 130 Å². The molecule has 0 aliphatic carbocycles. The average molecular weight is 1430 g/mol. The number of phenolic OH excluding ortho intramolecular Hbond substituents is 3. The van der Waals surface area contributed by atoms with E-state index < -0.39 is 244 Å². The Labute approximate surface area is 512 Å². The van der Waals surface area contributed by atoms with Gasteiger partial charge in [0.05, 0.1) is 32.0 Å². The molecule has 484 valence electrons. The van der Waals surface area contributed by atoms with Crippen LogP contribution in [0, 0.1) is 0 Å². The predicted molar refractivity (Wildman–Crippen MR) is 306 cm³/mol. The van der Waals surface area contributed by atoms with Crippen LogP contribution in [0.3, 0.4) is 0 Å². The Hall–Kier alpha value is -9.64. The fourth-order valence-electron chi connectivity index (χ4n) is 8.47. The van der Waals surface area contributed by atoms with Gasteiger partial charge in [0, 0.05) is 26.9 Å². The normalized spacial score (nSPS) is 13.4. The summed E-state index contributed by atoms with van der Waals surface area (Å²) < 4.78 is 265. The van der Waals surface area contributed by atoms with Crippen LogP contribution in [0.5, 0.6) is 17.2 Å². The lowest BCUT2D eigenvalue weighted by Crippen LogP contribution is -2.13. The van der Waals surface area contributed by atoms with Crippen molar-refractivity contribution in [1.29, 1.82) is 0 Å². The Kier molecular flexibility index (Phi) is 17.2. The van der Waals surface area contributed by atoms with Crippen LogP contribution in [-0.2, 0) is 80.8 Å². The molecule has 0 spiro atoms. The third-order valence-corrected chi connectivity index (χ3v) is 19.6. The van der Waals surface area contributed by atoms with E-state index in [1.807, 2.05) is 0 Å². The Morgan fingerprint density at radius 1 is 0.337 bits per heavy atom. The molecule has 0 fully saturated rings. The first-order valence-electron chi connectivity index (χ1n) is 23.1. The number of aromatic carboxylic acids is 2. The second-order valence-corrected chi connectivity index (χ2v) is 29.6. The molecule has 40 nitrogen and oxygen atoms in total. The third kappa shape index (κ3) is 13.4. The molecule has 48 heteroatoms. The second-order valence-electron chi connectivity index (χ2n) is 18.2. The van der Waals surface area contributed by atoms with Crippen molar-refractivity contribution >= 4 is 176 Å². The lowest BCUT2D eigenvalue weighted by molar-refractivity contribution is 0.0686. The standard InChI is InChI=1S/C44H31N11O29S8/c45-34-28(52-50-26-7-3-17-19(41(26)91(79,80)81)11-30(88(70,71)72)35(38(17)56)53-48-24-5-1-15(85(46,63)64)9-21(24)43(59)60)14-29(87(67,68)69)23-13-32(90(76,77)78)37(40(58)33(23)34)55-51-27-8-4-18-20(42(27)92(82,83)84)12-31(89(73,74)75)36(39(18)57)54-49-25-6-2-16(86(47,65)66)10-22(25)44(61)62/h1-14,56-58H,45H2,(H,59,60)(H,61,62)(H2,46,63,64)(H2,47,65,66)(H,67,68,69)(H,70,71,72)(H,73,74,75)(H,76,77,78)(H,79,80,81)(H,82,83,84)/b52-50?,53-48-,54-49-,55-51-. The van der Waals surface area contributed by atoms with Crippen LogP contribution in [-0.4, -0.2) is 132 Å². The van der Waals surface area contributed by atoms with Crippen LogP contribution in [0.1, 0.15) is 20.7 Å². The van der Waals surface area contributed by atoms with Gasteiger partial charge in [-0.05, 0) is 84.9 Å². The molecule has 17 N–H and O–H groups in total. The molecule has 0 heterocycles. The molecule has 0 bridgehead atoms. The van der Waals surface area contributed by atoms with E-state index >= 15 is 0 Å². The Morgan fingerprint density at radius 2 is 0.641 bits per heavy atom. The Morgan fingerprint density at radius 3 is 0.967 bits per heavy atom. The number of nitrogens with zero attached hydrogens (tertiary/aromatic N) is 8. The van der Waals surface area contributed by atoms with Gasteiger partial charge in [0.2, 0.25) is 20.0 Å². The third-order valence-electron chi connectivity index (χ3n) is 12.4. The molecular weight excluding hydrogens is 1400 g/mol. The second kappa shape index (κ2) is 23.2. The SMILES string of the molecule is Nc1c(N=Nc2ccc3c(O)c(/N=N\c4ccc(S(N)(=O)=O)cc4C(=O)O)c(S(=O)(=O)O)cc3c2S(=O)(=O)O)cc(S(=O)(=O)O)c2cc(S(=O)(=O)O)c(/N=N\c3ccc4c(O)c(/N=N\c5ccc(S(N)(=O)=O)cc5C(=O)O)c(S(=O)(=O)O)cc4c3S(=O)(=O)O)c(O)c12. The summed E-state index contributed by atoms with van der Waals surface area (Å²) in [7, 11) is -43.8. The number of hydrogen-bond acceptors (Lipinski definition) is 30. The van der Waals surface area contributed by atoms with Crippen LogP contribution in [0.2, 0.25) is 0 Å². The van der Waals surface area contributed by atoms with Crippen molar-refractivity contribution in [1.82, 2.24) is 0 Å². The van der Waals surface area contributed by atoms with E-state index in [0.717, 1.165) is 18.2 Å². The molecule has 0 unspecified atom stereocenters. The number of fused-ring (bicyclic) bond motifs is 3. The summed E-state index contributed by atoms with van der Waals surface area (Å²) in [5.74, 6) is -8.21. The molecule has 0 amide bonds. The van der Waals surface area contributed by atoms with Gasteiger partial charge in [0.15, 0.2) is 17.2 Å². The largest absolute Gasteiger partial charge is 0.505 e.